The molecule has 174 valence electrons. The first-order valence-corrected chi connectivity index (χ1v) is 12.5. The van der Waals surface area contributed by atoms with Gasteiger partial charge in [-0.2, -0.15) is 0 Å². The van der Waals surface area contributed by atoms with Gasteiger partial charge in [-0.05, 0) is 80.7 Å². The van der Waals surface area contributed by atoms with E-state index in [1.807, 2.05) is 13.8 Å². The van der Waals surface area contributed by atoms with Gasteiger partial charge in [0, 0.05) is 10.2 Å². The van der Waals surface area contributed by atoms with Gasteiger partial charge < -0.3 is 14.5 Å². The van der Waals surface area contributed by atoms with E-state index in [4.69, 9.17) is 21.4 Å². The molecule has 0 saturated carbocycles. The van der Waals surface area contributed by atoms with Crippen molar-refractivity contribution in [3.63, 3.8) is 0 Å². The minimum absolute atomic E-state index is 0.0452. The molecule has 0 spiro atoms. The first-order valence-electron chi connectivity index (χ1n) is 9.85. The molecule has 1 amide bonds. The predicted octanol–water partition coefficient (Wildman–Crippen LogP) is 4.43. The van der Waals surface area contributed by atoms with Crippen LogP contribution in [0.3, 0.4) is 0 Å². The first-order chi connectivity index (χ1) is 15.6. The number of anilines is 1. The van der Waals surface area contributed by atoms with E-state index in [9.17, 15) is 13.2 Å². The molecule has 1 aromatic heterocycles. The van der Waals surface area contributed by atoms with Gasteiger partial charge in [0.2, 0.25) is 10.0 Å². The number of hydrogen-bond donors (Lipinski definition) is 3. The lowest BCUT2D eigenvalue weighted by atomic mass is 10.2. The van der Waals surface area contributed by atoms with Gasteiger partial charge in [0.05, 0.1) is 29.4 Å². The highest BCUT2D eigenvalue weighted by Crippen LogP contribution is 2.24. The Kier molecular flexibility index (Phi) is 8.25. The maximum Gasteiger partial charge on any atom is 0.261 e. The summed E-state index contributed by atoms with van der Waals surface area (Å²) >= 11 is 8.59. The van der Waals surface area contributed by atoms with Crippen molar-refractivity contribution >= 4 is 54.9 Å². The maximum atomic E-state index is 12.7. The Hall–Kier alpha value is -2.73. The Morgan fingerprint density at radius 2 is 1.88 bits per heavy atom. The normalized spacial score (nSPS) is 11.3. The molecule has 11 heteroatoms. The van der Waals surface area contributed by atoms with Crippen molar-refractivity contribution < 1.29 is 22.4 Å². The molecule has 3 N–H and O–H groups in total. The maximum absolute atomic E-state index is 12.7. The van der Waals surface area contributed by atoms with Crippen LogP contribution in [0.2, 0.25) is 0 Å². The summed E-state index contributed by atoms with van der Waals surface area (Å²) in [6.07, 6.45) is 1.37. The van der Waals surface area contributed by atoms with Crippen LogP contribution in [0.25, 0.3) is 0 Å². The standard InChI is InChI=1S/C22H22BrN3O5S2/c1-14(2)31-20-10-5-15(23)12-19(20)21(27)26-22(32)25-16-6-8-18(9-7-16)33(28,29)24-13-17-4-3-11-30-17/h3-12,14,24H,13H2,1-2H3,(H2,25,26,27,32). The number of amides is 1. The van der Waals surface area contributed by atoms with E-state index in [0.717, 1.165) is 4.47 Å². The number of carbonyl (C=O) groups is 1. The van der Waals surface area contributed by atoms with Crippen LogP contribution in [-0.2, 0) is 16.6 Å². The molecule has 1 heterocycles. The molecular formula is C22H22BrN3O5S2. The zero-order chi connectivity index (χ0) is 24.0. The average molecular weight is 552 g/mol. The third-order valence-electron chi connectivity index (χ3n) is 4.21. The van der Waals surface area contributed by atoms with Crippen molar-refractivity contribution in [1.82, 2.24) is 10.0 Å². The van der Waals surface area contributed by atoms with Gasteiger partial charge in [0.15, 0.2) is 5.11 Å². The van der Waals surface area contributed by atoms with Crippen LogP contribution in [0.15, 0.2) is 74.6 Å². The molecule has 2 aromatic carbocycles. The minimum Gasteiger partial charge on any atom is -0.490 e. The summed E-state index contributed by atoms with van der Waals surface area (Å²) in [5.41, 5.74) is 0.837. The average Bonchev–Trinajstić information content (AvgIpc) is 3.27. The molecule has 0 atom stereocenters. The minimum atomic E-state index is -3.71. The first kappa shape index (κ1) is 24.9. The Bertz CT molecular complexity index is 1230. The fourth-order valence-corrected chi connectivity index (χ4v) is 4.31. The van der Waals surface area contributed by atoms with Crippen molar-refractivity contribution in [1.29, 1.82) is 0 Å². The molecule has 0 aliphatic rings. The van der Waals surface area contributed by atoms with E-state index in [-0.39, 0.29) is 22.7 Å². The molecule has 33 heavy (non-hydrogen) atoms. The zero-order valence-electron chi connectivity index (χ0n) is 17.8. The van der Waals surface area contributed by atoms with Crippen LogP contribution in [0.4, 0.5) is 5.69 Å². The number of carbonyl (C=O) groups excluding carboxylic acids is 1. The van der Waals surface area contributed by atoms with Gasteiger partial charge in [-0.1, -0.05) is 15.9 Å². The second kappa shape index (κ2) is 10.9. The van der Waals surface area contributed by atoms with E-state index >= 15 is 0 Å². The van der Waals surface area contributed by atoms with Gasteiger partial charge in [-0.25, -0.2) is 13.1 Å². The van der Waals surface area contributed by atoms with Gasteiger partial charge in [-0.15, -0.1) is 0 Å². The Labute approximate surface area is 205 Å². The third kappa shape index (κ3) is 7.13. The molecule has 0 fully saturated rings. The van der Waals surface area contributed by atoms with Gasteiger partial charge >= 0.3 is 0 Å². The number of hydrogen-bond acceptors (Lipinski definition) is 6. The summed E-state index contributed by atoms with van der Waals surface area (Å²) in [5, 5.41) is 5.53. The van der Waals surface area contributed by atoms with E-state index in [1.54, 1.807) is 42.5 Å². The number of rotatable bonds is 8. The van der Waals surface area contributed by atoms with E-state index < -0.39 is 15.9 Å². The SMILES string of the molecule is CC(C)Oc1ccc(Br)cc1C(=O)NC(=S)Nc1ccc(S(=O)(=O)NCc2ccco2)cc1. The fraction of sp³-hybridized carbons (Fsp3) is 0.182. The number of benzene rings is 2. The van der Waals surface area contributed by atoms with Crippen molar-refractivity contribution in [2.75, 3.05) is 5.32 Å². The molecule has 0 radical (unpaired) electrons. The second-order valence-electron chi connectivity index (χ2n) is 7.14. The van der Waals surface area contributed by atoms with Gasteiger partial charge in [0.25, 0.3) is 5.91 Å². The lowest BCUT2D eigenvalue weighted by molar-refractivity contribution is 0.0972. The third-order valence-corrected chi connectivity index (χ3v) is 6.33. The molecule has 0 saturated heterocycles. The summed E-state index contributed by atoms with van der Waals surface area (Å²) in [7, 11) is -3.71. The van der Waals surface area contributed by atoms with Crippen molar-refractivity contribution in [2.45, 2.75) is 31.4 Å². The molecule has 3 rings (SSSR count). The number of nitrogens with one attached hydrogen (secondary N) is 3. The highest BCUT2D eigenvalue weighted by Gasteiger charge is 2.17. The molecule has 0 unspecified atom stereocenters. The van der Waals surface area contributed by atoms with Crippen LogP contribution in [0.5, 0.6) is 5.75 Å². The largest absolute Gasteiger partial charge is 0.490 e. The highest BCUT2D eigenvalue weighted by atomic mass is 79.9. The van der Waals surface area contributed by atoms with Crippen LogP contribution in [-0.4, -0.2) is 25.5 Å². The Morgan fingerprint density at radius 3 is 2.52 bits per heavy atom. The Morgan fingerprint density at radius 1 is 1.15 bits per heavy atom. The number of furan rings is 1. The van der Waals surface area contributed by atoms with Gasteiger partial charge in [-0.3, -0.25) is 10.1 Å². The molecule has 0 aliphatic heterocycles. The van der Waals surface area contributed by atoms with Crippen LogP contribution < -0.4 is 20.1 Å². The van der Waals surface area contributed by atoms with Crippen molar-refractivity contribution in [2.24, 2.45) is 0 Å². The van der Waals surface area contributed by atoms with Crippen molar-refractivity contribution in [3.05, 3.63) is 76.7 Å². The zero-order valence-corrected chi connectivity index (χ0v) is 21.0. The predicted molar refractivity (Wildman–Crippen MR) is 133 cm³/mol. The molecule has 0 bridgehead atoms. The summed E-state index contributed by atoms with van der Waals surface area (Å²) in [5.74, 6) is 0.501. The van der Waals surface area contributed by atoms with Crippen LogP contribution in [0, 0.1) is 0 Å². The summed E-state index contributed by atoms with van der Waals surface area (Å²) in [4.78, 5) is 12.8. The second-order valence-corrected chi connectivity index (χ2v) is 10.2. The van der Waals surface area contributed by atoms with Gasteiger partial charge in [0.1, 0.15) is 11.5 Å². The molecular weight excluding hydrogens is 530 g/mol. The quantitative estimate of drug-likeness (QED) is 0.355. The molecule has 3 aromatic rings. The number of thiocarbonyl (C=S) groups is 1. The summed E-state index contributed by atoms with van der Waals surface area (Å²) in [6, 6.07) is 14.4. The van der Waals surface area contributed by atoms with E-state index in [1.165, 1.54) is 18.4 Å². The fourth-order valence-electron chi connectivity index (χ4n) is 2.75. The van der Waals surface area contributed by atoms with Crippen molar-refractivity contribution in [3.8, 4) is 5.75 Å². The van der Waals surface area contributed by atoms with E-state index in [0.29, 0.717) is 22.8 Å². The topological polar surface area (TPSA) is 110 Å². The monoisotopic (exact) mass is 551 g/mol. The highest BCUT2D eigenvalue weighted by molar-refractivity contribution is 9.10. The lowest BCUT2D eigenvalue weighted by Crippen LogP contribution is -2.34. The van der Waals surface area contributed by atoms with Crippen LogP contribution >= 0.6 is 28.1 Å². The number of sulfonamides is 1. The number of ether oxygens (including phenoxy) is 1. The van der Waals surface area contributed by atoms with Crippen LogP contribution in [0.1, 0.15) is 30.0 Å². The molecule has 8 nitrogen and oxygen atoms in total. The lowest BCUT2D eigenvalue weighted by Gasteiger charge is -2.15. The molecule has 0 aliphatic carbocycles. The summed E-state index contributed by atoms with van der Waals surface area (Å²) < 4.78 is 38.9. The Balaban J connectivity index is 1.62. The van der Waals surface area contributed by atoms with E-state index in [2.05, 4.69) is 31.3 Å². The smallest absolute Gasteiger partial charge is 0.261 e. The number of halogens is 1. The summed E-state index contributed by atoms with van der Waals surface area (Å²) in [6.45, 7) is 3.78.